The highest BCUT2D eigenvalue weighted by Gasteiger charge is 2.59. The number of benzene rings is 2. The fraction of sp³-hybridized carbons (Fsp3) is 0.385. The van der Waals surface area contributed by atoms with Gasteiger partial charge in [-0.1, -0.05) is 36.4 Å². The molecule has 0 saturated heterocycles. The summed E-state index contributed by atoms with van der Waals surface area (Å²) >= 11 is -1.33. The van der Waals surface area contributed by atoms with Crippen molar-refractivity contribution in [1.82, 2.24) is 0 Å². The smallest absolute Gasteiger partial charge is 0.205 e. The third-order valence-electron chi connectivity index (χ3n) is 7.02. The Morgan fingerprint density at radius 2 is 0.851 bits per heavy atom. The van der Waals surface area contributed by atoms with Crippen molar-refractivity contribution >= 4 is 11.8 Å². The molecule has 0 aliphatic carbocycles. The normalized spacial score (nSPS) is 23.0. The minimum Gasteiger partial charge on any atom is -0.205 e. The van der Waals surface area contributed by atoms with Crippen LogP contribution in [0, 0.1) is 0 Å². The van der Waals surface area contributed by atoms with Crippen molar-refractivity contribution in [3.8, 4) is 0 Å². The van der Waals surface area contributed by atoms with Crippen LogP contribution in [0.3, 0.4) is 0 Å². The van der Waals surface area contributed by atoms with Gasteiger partial charge in [0.25, 0.3) is 12.9 Å². The fourth-order valence-corrected chi connectivity index (χ4v) is 6.08. The van der Waals surface area contributed by atoms with E-state index in [1.54, 1.807) is 0 Å². The summed E-state index contributed by atoms with van der Waals surface area (Å²) in [5.41, 5.74) is -16.6. The molecule has 0 radical (unpaired) electrons. The number of nitrogens with zero attached hydrogens (tertiary/aromatic N) is 4. The van der Waals surface area contributed by atoms with Crippen molar-refractivity contribution in [2.45, 2.75) is 59.1 Å². The van der Waals surface area contributed by atoms with Gasteiger partial charge < -0.3 is 0 Å². The maximum absolute atomic E-state index is 14.5. The number of azo groups is 2. The van der Waals surface area contributed by atoms with Gasteiger partial charge in [0.05, 0.1) is 0 Å². The molecule has 4 rings (SSSR count). The van der Waals surface area contributed by atoms with Crippen molar-refractivity contribution in [1.29, 1.82) is 0 Å². The predicted molar refractivity (Wildman–Crippen MR) is 131 cm³/mol. The number of hydrogen-bond acceptors (Lipinski definition) is 5. The topological polar surface area (TPSA) is 49.4 Å². The van der Waals surface area contributed by atoms with Gasteiger partial charge in [0.1, 0.15) is 10.5 Å². The summed E-state index contributed by atoms with van der Waals surface area (Å²) in [6.45, 7) is 0. The van der Waals surface area contributed by atoms with Gasteiger partial charge in [-0.15, -0.1) is 11.8 Å². The van der Waals surface area contributed by atoms with E-state index in [0.29, 0.717) is 24.5 Å². The minimum atomic E-state index is -5.99. The maximum atomic E-state index is 14.5. The highest BCUT2D eigenvalue weighted by molar-refractivity contribution is 7.99. The zero-order valence-electron chi connectivity index (χ0n) is 22.3. The first-order valence-corrected chi connectivity index (χ1v) is 13.4. The summed E-state index contributed by atoms with van der Waals surface area (Å²) < 4.78 is 227. The van der Waals surface area contributed by atoms with Crippen LogP contribution >= 0.6 is 11.8 Å². The van der Waals surface area contributed by atoms with Crippen LogP contribution in [0.25, 0.3) is 0 Å². The lowest BCUT2D eigenvalue weighted by atomic mass is 9.87. The zero-order chi connectivity index (χ0) is 35.4. The molecule has 0 N–H and O–H groups in total. The van der Waals surface area contributed by atoms with Gasteiger partial charge in [-0.05, 0) is 34.4 Å². The molecule has 4 atom stereocenters. The average Bonchev–Trinajstić information content (AvgIpc) is 3.63. The number of halogens is 16. The molecule has 0 fully saturated rings. The molecule has 0 aromatic heterocycles. The molecule has 2 aliphatic rings. The third-order valence-corrected chi connectivity index (χ3v) is 8.60. The van der Waals surface area contributed by atoms with Crippen molar-refractivity contribution < 1.29 is 70.2 Å². The largest absolute Gasteiger partial charge is 0.423 e. The van der Waals surface area contributed by atoms with E-state index < -0.39 is 104 Å². The van der Waals surface area contributed by atoms with Crippen LogP contribution in [0.2, 0.25) is 0 Å². The average molecular weight is 718 g/mol. The second kappa shape index (κ2) is 12.1. The predicted octanol–water partition coefficient (Wildman–Crippen LogP) is 11.7. The van der Waals surface area contributed by atoms with Gasteiger partial charge in [-0.25, -0.2) is 17.6 Å². The van der Waals surface area contributed by atoms with Gasteiger partial charge in [-0.3, -0.25) is 0 Å². The van der Waals surface area contributed by atoms with Crippen LogP contribution in [0.4, 0.5) is 70.2 Å². The lowest BCUT2D eigenvalue weighted by Crippen LogP contribution is -2.38. The first kappa shape index (κ1) is 36.2. The quantitative estimate of drug-likeness (QED) is 0.251. The molecule has 0 bridgehead atoms. The Bertz CT molecular complexity index is 1460. The highest BCUT2D eigenvalue weighted by Crippen LogP contribution is 2.58. The molecule has 47 heavy (non-hydrogen) atoms. The minimum absolute atomic E-state index is 0.0993. The third kappa shape index (κ3) is 6.58. The van der Waals surface area contributed by atoms with Crippen molar-refractivity contribution in [3.63, 3.8) is 0 Å². The van der Waals surface area contributed by atoms with Crippen molar-refractivity contribution in [3.05, 3.63) is 94.3 Å². The Hall–Kier alpha value is -3.65. The van der Waals surface area contributed by atoms with Crippen LogP contribution in [0.1, 0.15) is 56.7 Å². The number of hydrogen-bond donors (Lipinski definition) is 0. The first-order chi connectivity index (χ1) is 21.5. The molecule has 2 aliphatic heterocycles. The summed E-state index contributed by atoms with van der Waals surface area (Å²) in [6, 6.07) is 0.616. The van der Waals surface area contributed by atoms with Gasteiger partial charge in [0.15, 0.2) is 0 Å². The Balaban J connectivity index is 1.97. The zero-order valence-corrected chi connectivity index (χ0v) is 23.1. The summed E-state index contributed by atoms with van der Waals surface area (Å²) in [4.78, 5) is 0. The van der Waals surface area contributed by atoms with E-state index in [1.165, 1.54) is 0 Å². The van der Waals surface area contributed by atoms with Crippen LogP contribution < -0.4 is 0 Å². The summed E-state index contributed by atoms with van der Waals surface area (Å²) in [6.07, 6.45) is -29.3. The molecular formula is C26H14F16N4S. The van der Waals surface area contributed by atoms with E-state index in [4.69, 9.17) is 0 Å². The Labute approximate surface area is 256 Å². The summed E-state index contributed by atoms with van der Waals surface area (Å²) in [5.74, 6) is 0. The van der Waals surface area contributed by atoms with Crippen molar-refractivity contribution in [2.75, 3.05) is 0 Å². The van der Waals surface area contributed by atoms with Gasteiger partial charge in [0.2, 0.25) is 11.1 Å². The lowest BCUT2D eigenvalue weighted by molar-refractivity contribution is -0.174. The Morgan fingerprint density at radius 3 is 1.09 bits per heavy atom. The second-order valence-corrected chi connectivity index (χ2v) is 11.1. The van der Waals surface area contributed by atoms with Gasteiger partial charge in [-0.2, -0.15) is 73.1 Å². The van der Waals surface area contributed by atoms with Crippen LogP contribution in [-0.4, -0.2) is 24.7 Å². The summed E-state index contributed by atoms with van der Waals surface area (Å²) in [5, 5.41) is 4.26. The standard InChI is InChI=1S/C26H14F16N4S/c27-19(28)13-3-1-11(21(25(37,38)39)5-7-43-45-21)9-15(13)17(23(31,32)33)47-18(24(34,35)36)16-10-12(2-4-14(16)20(29)30)22(26(40,41)42)6-8-44-46-22/h1-10,17-20H. The molecule has 4 nitrogen and oxygen atoms in total. The van der Waals surface area contributed by atoms with Crippen molar-refractivity contribution in [2.24, 2.45) is 20.5 Å². The van der Waals surface area contributed by atoms with E-state index >= 15 is 0 Å². The van der Waals surface area contributed by atoms with Crippen LogP contribution in [0.5, 0.6) is 0 Å². The van der Waals surface area contributed by atoms with Crippen LogP contribution in [-0.2, 0) is 11.1 Å². The van der Waals surface area contributed by atoms with E-state index in [-0.39, 0.29) is 36.4 Å². The fourth-order valence-electron chi connectivity index (χ4n) is 4.80. The van der Waals surface area contributed by atoms with E-state index in [2.05, 4.69) is 20.5 Å². The molecule has 2 heterocycles. The summed E-state index contributed by atoms with van der Waals surface area (Å²) in [7, 11) is 0. The number of alkyl halides is 16. The highest BCUT2D eigenvalue weighted by atomic mass is 32.2. The van der Waals surface area contributed by atoms with E-state index in [9.17, 15) is 70.2 Å². The SMILES string of the molecule is FC(F)c1ccc(C2(C(F)(F)F)C=CN=N2)cc1C(SC(c1cc(C2(C(F)(F)F)C=CN=N2)ccc1C(F)F)C(F)(F)F)C(F)(F)F. The van der Waals surface area contributed by atoms with Crippen LogP contribution in [0.15, 0.2) is 81.4 Å². The monoisotopic (exact) mass is 718 g/mol. The van der Waals surface area contributed by atoms with E-state index in [1.807, 2.05) is 0 Å². The number of rotatable bonds is 8. The molecule has 0 amide bonds. The van der Waals surface area contributed by atoms with Gasteiger partial charge in [0, 0.05) is 23.5 Å². The molecule has 4 unspecified atom stereocenters. The second-order valence-electron chi connectivity index (χ2n) is 9.86. The lowest BCUT2D eigenvalue weighted by Gasteiger charge is -2.32. The molecule has 256 valence electrons. The molecule has 2 aromatic rings. The number of thioether (sulfide) groups is 1. The van der Waals surface area contributed by atoms with E-state index in [0.717, 1.165) is 0 Å². The first-order valence-electron chi connectivity index (χ1n) is 12.4. The Kier molecular flexibility index (Phi) is 9.32. The molecule has 0 spiro atoms. The molecule has 2 aromatic carbocycles. The molecule has 0 saturated carbocycles. The molecular weight excluding hydrogens is 704 g/mol. The molecule has 21 heteroatoms. The Morgan fingerprint density at radius 1 is 0.511 bits per heavy atom. The van der Waals surface area contributed by atoms with Gasteiger partial charge >= 0.3 is 24.7 Å². The maximum Gasteiger partial charge on any atom is 0.423 e.